The molecular weight excluding hydrogens is 328 g/mol. The van der Waals surface area contributed by atoms with Gasteiger partial charge in [0.1, 0.15) is 0 Å². The first-order chi connectivity index (χ1) is 12.6. The molecule has 0 aliphatic rings. The Balaban J connectivity index is 1.66. The van der Waals surface area contributed by atoms with Crippen LogP contribution in [0.4, 0.5) is 0 Å². The van der Waals surface area contributed by atoms with E-state index in [1.54, 1.807) is 54.1 Å². The molecule has 132 valence electrons. The second-order valence-electron chi connectivity index (χ2n) is 5.93. The molecule has 0 aliphatic heterocycles. The van der Waals surface area contributed by atoms with Crippen molar-refractivity contribution in [3.05, 3.63) is 83.7 Å². The molecule has 2 aromatic carbocycles. The van der Waals surface area contributed by atoms with Gasteiger partial charge in [0.2, 0.25) is 0 Å². The number of rotatable bonds is 5. The zero-order valence-electron chi connectivity index (χ0n) is 14.7. The Kier molecular flexibility index (Phi) is 5.12. The van der Waals surface area contributed by atoms with Crippen molar-refractivity contribution in [3.63, 3.8) is 0 Å². The maximum atomic E-state index is 12.6. The third kappa shape index (κ3) is 3.80. The molecule has 0 aliphatic carbocycles. The topological polar surface area (TPSA) is 67.2 Å². The average Bonchev–Trinajstić information content (AvgIpc) is 3.22. The van der Waals surface area contributed by atoms with E-state index in [1.165, 1.54) is 0 Å². The van der Waals surface area contributed by atoms with Gasteiger partial charge in [-0.25, -0.2) is 4.68 Å². The lowest BCUT2D eigenvalue weighted by molar-refractivity contribution is 0.0784. The molecule has 3 rings (SSSR count). The summed E-state index contributed by atoms with van der Waals surface area (Å²) >= 11 is 0. The maximum absolute atomic E-state index is 12.6. The highest BCUT2D eigenvalue weighted by Gasteiger charge is 2.13. The molecule has 26 heavy (non-hydrogen) atoms. The number of nitrogens with one attached hydrogen (secondary N) is 1. The average molecular weight is 348 g/mol. The first-order valence-electron chi connectivity index (χ1n) is 8.25. The van der Waals surface area contributed by atoms with Crippen LogP contribution in [0.15, 0.2) is 67.0 Å². The van der Waals surface area contributed by atoms with Crippen LogP contribution in [0.25, 0.3) is 5.69 Å². The highest BCUT2D eigenvalue weighted by molar-refractivity contribution is 5.94. The van der Waals surface area contributed by atoms with Gasteiger partial charge in [-0.3, -0.25) is 9.59 Å². The molecule has 2 amide bonds. The number of benzene rings is 2. The number of carbonyl (C=O) groups is 2. The highest BCUT2D eigenvalue weighted by atomic mass is 16.2. The Bertz CT molecular complexity index is 885. The van der Waals surface area contributed by atoms with Crippen LogP contribution >= 0.6 is 0 Å². The molecular formula is C20H20N4O2. The monoisotopic (exact) mass is 348 g/mol. The fourth-order valence-corrected chi connectivity index (χ4v) is 2.65. The number of hydrogen-bond donors (Lipinski definition) is 1. The van der Waals surface area contributed by atoms with E-state index in [-0.39, 0.29) is 11.8 Å². The van der Waals surface area contributed by atoms with E-state index >= 15 is 0 Å². The molecule has 0 saturated heterocycles. The van der Waals surface area contributed by atoms with Gasteiger partial charge < -0.3 is 10.2 Å². The van der Waals surface area contributed by atoms with Gasteiger partial charge in [0.25, 0.3) is 11.8 Å². The van der Waals surface area contributed by atoms with Gasteiger partial charge in [-0.05, 0) is 48.0 Å². The molecule has 0 fully saturated rings. The second-order valence-corrected chi connectivity index (χ2v) is 5.93. The SMILES string of the molecule is CNC(=O)c1ccc(CN(C)C(=O)c2ccc(-n3cccn3)cc2)cc1. The summed E-state index contributed by atoms with van der Waals surface area (Å²) in [6, 6.07) is 16.4. The van der Waals surface area contributed by atoms with Crippen LogP contribution in [0.2, 0.25) is 0 Å². The van der Waals surface area contributed by atoms with Crippen LogP contribution in [0, 0.1) is 0 Å². The number of amides is 2. The van der Waals surface area contributed by atoms with E-state index in [0.717, 1.165) is 11.3 Å². The lowest BCUT2D eigenvalue weighted by atomic mass is 10.1. The molecule has 1 heterocycles. The summed E-state index contributed by atoms with van der Waals surface area (Å²) in [4.78, 5) is 25.8. The van der Waals surface area contributed by atoms with Crippen molar-refractivity contribution in [2.45, 2.75) is 6.54 Å². The predicted octanol–water partition coefficient (Wildman–Crippen LogP) is 2.50. The quantitative estimate of drug-likeness (QED) is 0.770. The molecule has 0 atom stereocenters. The Labute approximate surface area is 152 Å². The smallest absolute Gasteiger partial charge is 0.253 e. The first-order valence-corrected chi connectivity index (χ1v) is 8.25. The summed E-state index contributed by atoms with van der Waals surface area (Å²) in [5, 5.41) is 6.76. The fraction of sp³-hybridized carbons (Fsp3) is 0.150. The molecule has 6 nitrogen and oxygen atoms in total. The first kappa shape index (κ1) is 17.4. The van der Waals surface area contributed by atoms with Crippen LogP contribution in [-0.2, 0) is 6.54 Å². The van der Waals surface area contributed by atoms with Crippen molar-refractivity contribution in [1.29, 1.82) is 0 Å². The van der Waals surface area contributed by atoms with E-state index in [1.807, 2.05) is 36.5 Å². The van der Waals surface area contributed by atoms with Crippen molar-refractivity contribution >= 4 is 11.8 Å². The molecule has 1 N–H and O–H groups in total. The lowest BCUT2D eigenvalue weighted by Crippen LogP contribution is -2.26. The van der Waals surface area contributed by atoms with Gasteiger partial charge in [0, 0.05) is 44.2 Å². The molecule has 0 unspecified atom stereocenters. The van der Waals surface area contributed by atoms with Gasteiger partial charge in [0.15, 0.2) is 0 Å². The summed E-state index contributed by atoms with van der Waals surface area (Å²) in [5.41, 5.74) is 3.07. The normalized spacial score (nSPS) is 10.4. The third-order valence-electron chi connectivity index (χ3n) is 4.09. The number of aromatic nitrogens is 2. The molecule has 1 aromatic heterocycles. The standard InChI is InChI=1S/C20H20N4O2/c1-21-19(25)16-6-4-15(5-7-16)14-23(2)20(26)17-8-10-18(11-9-17)24-13-3-12-22-24/h3-13H,14H2,1-2H3,(H,21,25). The number of carbonyl (C=O) groups excluding carboxylic acids is 2. The Morgan fingerprint density at radius 1 is 1.04 bits per heavy atom. The van der Waals surface area contributed by atoms with E-state index < -0.39 is 0 Å². The minimum atomic E-state index is -0.127. The molecule has 0 spiro atoms. The maximum Gasteiger partial charge on any atom is 0.253 e. The summed E-state index contributed by atoms with van der Waals surface area (Å²) < 4.78 is 1.74. The molecule has 0 saturated carbocycles. The zero-order valence-corrected chi connectivity index (χ0v) is 14.7. The summed E-state index contributed by atoms with van der Waals surface area (Å²) in [7, 11) is 3.36. The zero-order chi connectivity index (χ0) is 18.5. The summed E-state index contributed by atoms with van der Waals surface area (Å²) in [6.07, 6.45) is 3.56. The highest BCUT2D eigenvalue weighted by Crippen LogP contribution is 2.13. The fourth-order valence-electron chi connectivity index (χ4n) is 2.65. The Morgan fingerprint density at radius 3 is 2.27 bits per heavy atom. The van der Waals surface area contributed by atoms with Crippen molar-refractivity contribution in [3.8, 4) is 5.69 Å². The van der Waals surface area contributed by atoms with Gasteiger partial charge in [-0.15, -0.1) is 0 Å². The summed E-state index contributed by atoms with van der Waals surface area (Å²) in [5.74, 6) is -0.189. The largest absolute Gasteiger partial charge is 0.355 e. The summed E-state index contributed by atoms with van der Waals surface area (Å²) in [6.45, 7) is 0.466. The van der Waals surface area contributed by atoms with Crippen LogP contribution in [-0.4, -0.2) is 40.6 Å². The lowest BCUT2D eigenvalue weighted by Gasteiger charge is -2.18. The predicted molar refractivity (Wildman–Crippen MR) is 99.2 cm³/mol. The van der Waals surface area contributed by atoms with Gasteiger partial charge in [0.05, 0.1) is 5.69 Å². The van der Waals surface area contributed by atoms with Gasteiger partial charge >= 0.3 is 0 Å². The minimum absolute atomic E-state index is 0.0626. The van der Waals surface area contributed by atoms with Gasteiger partial charge in [-0.2, -0.15) is 5.10 Å². The van der Waals surface area contributed by atoms with Gasteiger partial charge in [-0.1, -0.05) is 12.1 Å². The van der Waals surface area contributed by atoms with E-state index in [9.17, 15) is 9.59 Å². The second kappa shape index (κ2) is 7.65. The van der Waals surface area contributed by atoms with Crippen LogP contribution in [0.5, 0.6) is 0 Å². The van der Waals surface area contributed by atoms with Crippen molar-refractivity contribution < 1.29 is 9.59 Å². The van der Waals surface area contributed by atoms with Crippen molar-refractivity contribution in [2.24, 2.45) is 0 Å². The molecule has 6 heteroatoms. The van der Waals surface area contributed by atoms with Crippen molar-refractivity contribution in [1.82, 2.24) is 20.0 Å². The van der Waals surface area contributed by atoms with E-state index in [2.05, 4.69) is 10.4 Å². The minimum Gasteiger partial charge on any atom is -0.355 e. The van der Waals surface area contributed by atoms with E-state index in [0.29, 0.717) is 17.7 Å². The number of nitrogens with zero attached hydrogens (tertiary/aromatic N) is 3. The molecule has 0 radical (unpaired) electrons. The number of hydrogen-bond acceptors (Lipinski definition) is 3. The van der Waals surface area contributed by atoms with E-state index in [4.69, 9.17) is 0 Å². The Morgan fingerprint density at radius 2 is 1.69 bits per heavy atom. The Hall–Kier alpha value is -3.41. The molecule has 3 aromatic rings. The van der Waals surface area contributed by atoms with Crippen LogP contribution in [0.3, 0.4) is 0 Å². The van der Waals surface area contributed by atoms with Crippen LogP contribution in [0.1, 0.15) is 26.3 Å². The molecule has 0 bridgehead atoms. The van der Waals surface area contributed by atoms with Crippen LogP contribution < -0.4 is 5.32 Å². The third-order valence-corrected chi connectivity index (χ3v) is 4.09. The van der Waals surface area contributed by atoms with Crippen molar-refractivity contribution in [2.75, 3.05) is 14.1 Å².